The highest BCUT2D eigenvalue weighted by Crippen LogP contribution is 2.16. The molecule has 0 radical (unpaired) electrons. The van der Waals surface area contributed by atoms with Crippen molar-refractivity contribution in [3.8, 4) is 0 Å². The number of carbonyl (C=O) groups is 4. The van der Waals surface area contributed by atoms with Gasteiger partial charge in [0, 0.05) is 38.4 Å². The van der Waals surface area contributed by atoms with E-state index < -0.39 is 47.1 Å². The van der Waals surface area contributed by atoms with E-state index >= 15 is 0 Å². The van der Waals surface area contributed by atoms with Crippen molar-refractivity contribution in [2.75, 3.05) is 13.1 Å². The Kier molecular flexibility index (Phi) is 20.8. The van der Waals surface area contributed by atoms with Crippen LogP contribution in [0.4, 0.5) is 8.78 Å². The van der Waals surface area contributed by atoms with Gasteiger partial charge in [-0.1, -0.05) is 109 Å². The van der Waals surface area contributed by atoms with Gasteiger partial charge in [-0.05, 0) is 60.4 Å². The highest BCUT2D eigenvalue weighted by molar-refractivity contribution is 5.83. The first kappa shape index (κ1) is 44.3. The summed E-state index contributed by atoms with van der Waals surface area (Å²) in [5.74, 6) is -2.73. The van der Waals surface area contributed by atoms with Crippen LogP contribution >= 0.6 is 0 Å². The quantitative estimate of drug-likeness (QED) is 0.0710. The van der Waals surface area contributed by atoms with E-state index in [0.717, 1.165) is 81.5 Å². The van der Waals surface area contributed by atoms with Gasteiger partial charge in [-0.3, -0.25) is 19.2 Å². The zero-order chi connectivity index (χ0) is 38.4. The molecule has 2 rings (SSSR count). The number of halogens is 2. The minimum atomic E-state index is -1.51. The Balaban J connectivity index is 1.97. The van der Waals surface area contributed by atoms with Crippen molar-refractivity contribution < 1.29 is 33.1 Å². The molecule has 2 aromatic carbocycles. The van der Waals surface area contributed by atoms with Crippen LogP contribution in [0.5, 0.6) is 0 Å². The fraction of sp³-hybridized carbons (Fsp3) is 0.610. The van der Waals surface area contributed by atoms with Crippen LogP contribution in [0, 0.1) is 17.0 Å². The Morgan fingerprint density at radius 1 is 0.712 bits per heavy atom. The van der Waals surface area contributed by atoms with Gasteiger partial charge >= 0.3 is 0 Å². The molecule has 52 heavy (non-hydrogen) atoms. The van der Waals surface area contributed by atoms with Gasteiger partial charge in [0.15, 0.2) is 6.10 Å². The molecule has 11 heteroatoms. The number of carbonyl (C=O) groups excluding carboxylic acids is 4. The summed E-state index contributed by atoms with van der Waals surface area (Å²) >= 11 is 0. The lowest BCUT2D eigenvalue weighted by Gasteiger charge is -2.28. The maximum Gasteiger partial charge on any atom is 0.251 e. The molecule has 0 heterocycles. The van der Waals surface area contributed by atoms with Gasteiger partial charge in [0.05, 0.1) is 6.04 Å². The molecular weight excluding hydrogens is 666 g/mol. The molecule has 4 amide bonds. The van der Waals surface area contributed by atoms with Crippen molar-refractivity contribution in [3.63, 3.8) is 0 Å². The SMILES string of the molecule is CCCCCCCC(=O)NC(CC(=O)NCC(C)(C)CNC(=O)C(O)C(Cc1ccccc1)NC(=O)CCCCCCC)Cc1cc(F)ccc1F. The smallest absolute Gasteiger partial charge is 0.251 e. The third kappa shape index (κ3) is 18.6. The zero-order valence-electron chi connectivity index (χ0n) is 31.7. The van der Waals surface area contributed by atoms with Gasteiger partial charge in [-0.15, -0.1) is 0 Å². The van der Waals surface area contributed by atoms with Crippen molar-refractivity contribution in [2.45, 2.75) is 142 Å². The van der Waals surface area contributed by atoms with Crippen molar-refractivity contribution in [2.24, 2.45) is 5.41 Å². The first-order valence-electron chi connectivity index (χ1n) is 19.1. The third-order valence-electron chi connectivity index (χ3n) is 9.09. The second-order valence-electron chi connectivity index (χ2n) is 14.7. The summed E-state index contributed by atoms with van der Waals surface area (Å²) in [6, 6.07) is 10.9. The largest absolute Gasteiger partial charge is 0.381 e. The topological polar surface area (TPSA) is 137 Å². The summed E-state index contributed by atoms with van der Waals surface area (Å²) in [5, 5.41) is 22.4. The summed E-state index contributed by atoms with van der Waals surface area (Å²) in [4.78, 5) is 51.8. The second kappa shape index (κ2) is 24.4. The Bertz CT molecular complexity index is 1370. The molecule has 0 aromatic heterocycles. The van der Waals surface area contributed by atoms with Gasteiger partial charge in [0.25, 0.3) is 5.91 Å². The average molecular weight is 729 g/mol. The number of amides is 4. The van der Waals surface area contributed by atoms with Crippen LogP contribution in [0.1, 0.15) is 122 Å². The number of rotatable bonds is 26. The van der Waals surface area contributed by atoms with Gasteiger partial charge in [0.1, 0.15) is 11.6 Å². The van der Waals surface area contributed by atoms with Gasteiger partial charge in [-0.2, -0.15) is 0 Å². The molecule has 5 N–H and O–H groups in total. The summed E-state index contributed by atoms with van der Waals surface area (Å²) in [5.41, 5.74) is 0.289. The van der Waals surface area contributed by atoms with E-state index in [1.807, 2.05) is 44.2 Å². The molecular formula is C41H62F2N4O5. The molecule has 0 aliphatic heterocycles. The van der Waals surface area contributed by atoms with Crippen LogP contribution in [0.25, 0.3) is 0 Å². The monoisotopic (exact) mass is 728 g/mol. The number of benzene rings is 2. The average Bonchev–Trinajstić information content (AvgIpc) is 3.11. The standard InChI is InChI=1S/C41H62F2N4O5/c1-5-7-9-11-16-20-36(48)46-33(26-31-25-32(42)22-23-34(31)43)27-38(50)44-28-41(3,4)29-45-40(52)39(51)35(24-30-18-14-13-15-19-30)47-37(49)21-17-12-10-8-6-2/h13-15,18-19,22-23,25,33,35,39,51H,5-12,16-17,20-21,24,26-29H2,1-4H3,(H,44,50)(H,45,52)(H,46,48)(H,47,49). The Morgan fingerprint density at radius 3 is 1.90 bits per heavy atom. The van der Waals surface area contributed by atoms with E-state index in [9.17, 15) is 33.1 Å². The molecule has 3 unspecified atom stereocenters. The lowest BCUT2D eigenvalue weighted by molar-refractivity contribution is -0.132. The molecule has 3 atom stereocenters. The number of hydrogen-bond acceptors (Lipinski definition) is 5. The van der Waals surface area contributed by atoms with Crippen molar-refractivity contribution in [3.05, 3.63) is 71.3 Å². The Hall–Kier alpha value is -3.86. The van der Waals surface area contributed by atoms with Crippen LogP contribution in [0.2, 0.25) is 0 Å². The van der Waals surface area contributed by atoms with Gasteiger partial charge in [-0.25, -0.2) is 8.78 Å². The van der Waals surface area contributed by atoms with Crippen molar-refractivity contribution in [1.82, 2.24) is 21.3 Å². The second-order valence-corrected chi connectivity index (χ2v) is 14.7. The number of hydrogen-bond donors (Lipinski definition) is 5. The Labute approximate surface area is 309 Å². The molecule has 0 aliphatic rings. The van der Waals surface area contributed by atoms with Crippen LogP contribution in [0.3, 0.4) is 0 Å². The van der Waals surface area contributed by atoms with E-state index in [1.165, 1.54) is 0 Å². The third-order valence-corrected chi connectivity index (χ3v) is 9.09. The summed E-state index contributed by atoms with van der Waals surface area (Å²) < 4.78 is 28.4. The predicted octanol–water partition coefficient (Wildman–Crippen LogP) is 6.45. The van der Waals surface area contributed by atoms with E-state index in [-0.39, 0.29) is 56.2 Å². The lowest BCUT2D eigenvalue weighted by Crippen LogP contribution is -2.53. The van der Waals surface area contributed by atoms with Crippen molar-refractivity contribution >= 4 is 23.6 Å². The van der Waals surface area contributed by atoms with E-state index in [2.05, 4.69) is 35.1 Å². The predicted molar refractivity (Wildman–Crippen MR) is 201 cm³/mol. The lowest BCUT2D eigenvalue weighted by atomic mass is 9.92. The summed E-state index contributed by atoms with van der Waals surface area (Å²) in [6.07, 6.45) is 8.93. The highest BCUT2D eigenvalue weighted by atomic mass is 19.1. The molecule has 0 fully saturated rings. The maximum atomic E-state index is 14.5. The van der Waals surface area contributed by atoms with E-state index in [1.54, 1.807) is 0 Å². The van der Waals surface area contributed by atoms with Crippen LogP contribution < -0.4 is 21.3 Å². The zero-order valence-corrected chi connectivity index (χ0v) is 31.7. The fourth-order valence-electron chi connectivity index (χ4n) is 5.92. The molecule has 0 aliphatic carbocycles. The van der Waals surface area contributed by atoms with Crippen molar-refractivity contribution in [1.29, 1.82) is 0 Å². The van der Waals surface area contributed by atoms with Crippen LogP contribution in [-0.2, 0) is 32.0 Å². The normalized spacial score (nSPS) is 13.1. The first-order chi connectivity index (χ1) is 24.8. The molecule has 2 aromatic rings. The van der Waals surface area contributed by atoms with Crippen LogP contribution in [-0.4, -0.2) is 60.0 Å². The molecule has 0 bridgehead atoms. The fourth-order valence-corrected chi connectivity index (χ4v) is 5.92. The minimum absolute atomic E-state index is 0.0600. The number of aliphatic hydroxyl groups excluding tert-OH is 1. The summed E-state index contributed by atoms with van der Waals surface area (Å²) in [7, 11) is 0. The highest BCUT2D eigenvalue weighted by Gasteiger charge is 2.30. The number of aliphatic hydroxyl groups is 1. The molecule has 0 saturated carbocycles. The van der Waals surface area contributed by atoms with Gasteiger partial charge < -0.3 is 26.4 Å². The number of unbranched alkanes of at least 4 members (excludes halogenated alkanes) is 8. The first-order valence-corrected chi connectivity index (χ1v) is 19.1. The minimum Gasteiger partial charge on any atom is -0.381 e. The number of nitrogens with one attached hydrogen (secondary N) is 4. The molecule has 0 spiro atoms. The molecule has 9 nitrogen and oxygen atoms in total. The molecule has 0 saturated heterocycles. The van der Waals surface area contributed by atoms with E-state index in [4.69, 9.17) is 0 Å². The summed E-state index contributed by atoms with van der Waals surface area (Å²) in [6.45, 7) is 8.17. The van der Waals surface area contributed by atoms with Gasteiger partial charge in [0.2, 0.25) is 17.7 Å². The van der Waals surface area contributed by atoms with Crippen LogP contribution in [0.15, 0.2) is 48.5 Å². The van der Waals surface area contributed by atoms with E-state index in [0.29, 0.717) is 12.8 Å². The Morgan fingerprint density at radius 2 is 1.29 bits per heavy atom. The molecule has 290 valence electrons. The maximum absolute atomic E-state index is 14.5.